The SMILES string of the molecule is CC(C)CCC[C@@H](C)[C@H]1CCC2C3CC=C4CC(OC(=O)NN(CCCN)CCCNCCCCN)CC[C@]4(C)C3CC[C@@]21C. The molecule has 0 saturated heterocycles. The Balaban J connectivity index is 1.28. The summed E-state index contributed by atoms with van der Waals surface area (Å²) in [6.45, 7) is 17.4. The third-order valence-electron chi connectivity index (χ3n) is 13.0. The Morgan fingerprint density at radius 1 is 0.933 bits per heavy atom. The van der Waals surface area contributed by atoms with Crippen LogP contribution in [0.5, 0.6) is 0 Å². The number of hydrogen-bond acceptors (Lipinski definition) is 6. The van der Waals surface area contributed by atoms with Gasteiger partial charge in [-0.25, -0.2) is 9.80 Å². The van der Waals surface area contributed by atoms with Crippen LogP contribution >= 0.6 is 0 Å². The molecule has 7 heteroatoms. The molecular formula is C38H71N5O2. The van der Waals surface area contributed by atoms with Crippen molar-refractivity contribution >= 4 is 6.09 Å². The minimum atomic E-state index is -0.307. The van der Waals surface area contributed by atoms with Crippen molar-refractivity contribution in [1.29, 1.82) is 0 Å². The summed E-state index contributed by atoms with van der Waals surface area (Å²) in [7, 11) is 0. The fraction of sp³-hybridized carbons (Fsp3) is 0.921. The van der Waals surface area contributed by atoms with Gasteiger partial charge >= 0.3 is 6.09 Å². The molecule has 45 heavy (non-hydrogen) atoms. The molecule has 3 saturated carbocycles. The average molecular weight is 630 g/mol. The van der Waals surface area contributed by atoms with Gasteiger partial charge in [0.2, 0.25) is 0 Å². The van der Waals surface area contributed by atoms with E-state index in [1.807, 2.05) is 5.01 Å². The number of carbonyl (C=O) groups is 1. The predicted octanol–water partition coefficient (Wildman–Crippen LogP) is 7.41. The summed E-state index contributed by atoms with van der Waals surface area (Å²) >= 11 is 0. The molecule has 4 aliphatic rings. The van der Waals surface area contributed by atoms with E-state index in [1.54, 1.807) is 5.57 Å². The topological polar surface area (TPSA) is 106 Å². The van der Waals surface area contributed by atoms with E-state index in [4.69, 9.17) is 16.2 Å². The van der Waals surface area contributed by atoms with E-state index in [9.17, 15) is 4.79 Å². The van der Waals surface area contributed by atoms with Gasteiger partial charge in [0.1, 0.15) is 6.10 Å². The number of unbranched alkanes of at least 4 members (excludes halogenated alkanes) is 1. The number of ether oxygens (including phenoxy) is 1. The van der Waals surface area contributed by atoms with Crippen molar-refractivity contribution in [2.45, 2.75) is 137 Å². The number of amides is 1. The molecule has 7 nitrogen and oxygen atoms in total. The largest absolute Gasteiger partial charge is 0.445 e. The van der Waals surface area contributed by atoms with Crippen molar-refractivity contribution in [1.82, 2.24) is 15.8 Å². The lowest BCUT2D eigenvalue weighted by atomic mass is 9.47. The van der Waals surface area contributed by atoms with Gasteiger partial charge in [-0.3, -0.25) is 5.43 Å². The second-order valence-electron chi connectivity index (χ2n) is 16.4. The van der Waals surface area contributed by atoms with Gasteiger partial charge < -0.3 is 21.5 Å². The molecule has 0 bridgehead atoms. The number of nitrogens with zero attached hydrogens (tertiary/aromatic N) is 1. The Hall–Kier alpha value is -1.15. The van der Waals surface area contributed by atoms with Crippen molar-refractivity contribution < 1.29 is 9.53 Å². The maximum atomic E-state index is 13.1. The molecule has 0 aliphatic heterocycles. The Labute approximate surface area is 276 Å². The zero-order valence-electron chi connectivity index (χ0n) is 29.9. The molecule has 6 N–H and O–H groups in total. The number of nitrogens with one attached hydrogen (secondary N) is 2. The molecule has 0 heterocycles. The summed E-state index contributed by atoms with van der Waals surface area (Å²) in [5, 5.41) is 5.47. The first-order valence-corrected chi connectivity index (χ1v) is 19.1. The van der Waals surface area contributed by atoms with Crippen LogP contribution in [0.3, 0.4) is 0 Å². The summed E-state index contributed by atoms with van der Waals surface area (Å²) in [5.41, 5.74) is 16.8. The minimum absolute atomic E-state index is 0.0298. The molecule has 4 rings (SSSR count). The van der Waals surface area contributed by atoms with Gasteiger partial charge in [0.05, 0.1) is 0 Å². The van der Waals surface area contributed by atoms with Gasteiger partial charge in [-0.05, 0) is 143 Å². The lowest BCUT2D eigenvalue weighted by Gasteiger charge is -2.58. The van der Waals surface area contributed by atoms with E-state index in [1.165, 1.54) is 51.4 Å². The normalized spacial score (nSPS) is 33.4. The number of hydrogen-bond donors (Lipinski definition) is 4. The summed E-state index contributed by atoms with van der Waals surface area (Å²) in [6.07, 6.45) is 20.3. The van der Waals surface area contributed by atoms with Gasteiger partial charge in [-0.1, -0.05) is 65.5 Å². The number of fused-ring (bicyclic) bond motifs is 5. The van der Waals surface area contributed by atoms with E-state index >= 15 is 0 Å². The molecule has 1 amide bonds. The summed E-state index contributed by atoms with van der Waals surface area (Å²) < 4.78 is 6.08. The molecule has 260 valence electrons. The maximum Gasteiger partial charge on any atom is 0.422 e. The van der Waals surface area contributed by atoms with Gasteiger partial charge in [-0.2, -0.15) is 0 Å². The molecule has 4 aliphatic carbocycles. The summed E-state index contributed by atoms with van der Waals surface area (Å²) in [4.78, 5) is 13.1. The molecule has 0 aromatic carbocycles. The first-order chi connectivity index (χ1) is 21.6. The molecule has 8 atom stereocenters. The van der Waals surface area contributed by atoms with Crippen LogP contribution in [0.25, 0.3) is 0 Å². The zero-order valence-corrected chi connectivity index (χ0v) is 29.9. The quantitative estimate of drug-likeness (QED) is 0.0715. The lowest BCUT2D eigenvalue weighted by molar-refractivity contribution is -0.0587. The first kappa shape index (κ1) is 36.7. The molecule has 3 fully saturated rings. The van der Waals surface area contributed by atoms with Crippen molar-refractivity contribution in [2.75, 3.05) is 39.3 Å². The average Bonchev–Trinajstić information content (AvgIpc) is 3.36. The monoisotopic (exact) mass is 630 g/mol. The number of rotatable bonds is 18. The Morgan fingerprint density at radius 3 is 2.44 bits per heavy atom. The van der Waals surface area contributed by atoms with Gasteiger partial charge in [0, 0.05) is 19.5 Å². The zero-order chi connectivity index (χ0) is 32.5. The summed E-state index contributed by atoms with van der Waals surface area (Å²) in [6, 6.07) is 0. The number of carbonyl (C=O) groups excluding carboxylic acids is 1. The van der Waals surface area contributed by atoms with Crippen molar-refractivity contribution in [2.24, 2.45) is 57.8 Å². The van der Waals surface area contributed by atoms with E-state index in [-0.39, 0.29) is 17.6 Å². The maximum absolute atomic E-state index is 13.1. The van der Waals surface area contributed by atoms with E-state index in [2.05, 4.69) is 51.4 Å². The van der Waals surface area contributed by atoms with Crippen LogP contribution < -0.4 is 22.2 Å². The number of nitrogens with two attached hydrogens (primary N) is 2. The van der Waals surface area contributed by atoms with Gasteiger partial charge in [-0.15, -0.1) is 0 Å². The van der Waals surface area contributed by atoms with Gasteiger partial charge in [0.25, 0.3) is 0 Å². The molecule has 0 aromatic rings. The van der Waals surface area contributed by atoms with Crippen LogP contribution in [0.15, 0.2) is 11.6 Å². The van der Waals surface area contributed by atoms with E-state index in [0.717, 1.165) is 113 Å². The van der Waals surface area contributed by atoms with E-state index < -0.39 is 0 Å². The van der Waals surface area contributed by atoms with Crippen LogP contribution in [-0.2, 0) is 4.74 Å². The number of hydrazine groups is 1. The van der Waals surface area contributed by atoms with E-state index in [0.29, 0.717) is 12.0 Å². The molecule has 0 aromatic heterocycles. The van der Waals surface area contributed by atoms with Crippen molar-refractivity contribution in [3.05, 3.63) is 11.6 Å². The smallest absolute Gasteiger partial charge is 0.422 e. The van der Waals surface area contributed by atoms with Crippen LogP contribution in [0, 0.1) is 46.3 Å². The fourth-order valence-electron chi connectivity index (χ4n) is 10.5. The van der Waals surface area contributed by atoms with Crippen LogP contribution in [0.1, 0.15) is 131 Å². The second kappa shape index (κ2) is 17.3. The third-order valence-corrected chi connectivity index (χ3v) is 13.0. The standard InChI is InChI=1S/C38H71N5O2/c1-28(2)11-8-12-29(3)33-15-16-34-32-14-13-30-27-31(17-19-37(30,4)35(32)18-20-38(33,34)5)45-36(44)42-43(25-9-22-40)26-10-24-41-23-7-6-21-39/h13,28-29,31-35,41H,6-12,14-27,39-40H2,1-5H3,(H,42,44)/t29-,31?,32?,33-,34?,35?,37+,38-/m1/s1. The predicted molar refractivity (Wildman–Crippen MR) is 187 cm³/mol. The first-order valence-electron chi connectivity index (χ1n) is 19.1. The highest BCUT2D eigenvalue weighted by molar-refractivity contribution is 5.66. The lowest BCUT2D eigenvalue weighted by Crippen LogP contribution is -2.51. The highest BCUT2D eigenvalue weighted by atomic mass is 16.6. The Morgan fingerprint density at radius 2 is 1.69 bits per heavy atom. The third kappa shape index (κ3) is 9.27. The molecule has 0 spiro atoms. The Kier molecular flexibility index (Phi) is 14.1. The van der Waals surface area contributed by atoms with Crippen LogP contribution in [0.4, 0.5) is 4.79 Å². The minimum Gasteiger partial charge on any atom is -0.445 e. The highest BCUT2D eigenvalue weighted by Gasteiger charge is 2.59. The summed E-state index contributed by atoms with van der Waals surface area (Å²) in [5.74, 6) is 5.08. The highest BCUT2D eigenvalue weighted by Crippen LogP contribution is 2.67. The Bertz CT molecular complexity index is 941. The second-order valence-corrected chi connectivity index (χ2v) is 16.4. The van der Waals surface area contributed by atoms with Crippen LogP contribution in [-0.4, -0.2) is 56.5 Å². The van der Waals surface area contributed by atoms with Crippen molar-refractivity contribution in [3.8, 4) is 0 Å². The molecule has 0 radical (unpaired) electrons. The molecular weight excluding hydrogens is 558 g/mol. The van der Waals surface area contributed by atoms with Gasteiger partial charge in [0.15, 0.2) is 0 Å². The number of allylic oxidation sites excluding steroid dienone is 1. The fourth-order valence-corrected chi connectivity index (χ4v) is 10.5. The van der Waals surface area contributed by atoms with Crippen LogP contribution in [0.2, 0.25) is 0 Å². The molecule has 4 unspecified atom stereocenters. The van der Waals surface area contributed by atoms with Crippen molar-refractivity contribution in [3.63, 3.8) is 0 Å².